The van der Waals surface area contributed by atoms with Crippen molar-refractivity contribution < 1.29 is 4.79 Å². The summed E-state index contributed by atoms with van der Waals surface area (Å²) in [5, 5.41) is 0. The molecule has 2 aromatic carbocycles. The molecule has 0 heterocycles. The van der Waals surface area contributed by atoms with E-state index in [4.69, 9.17) is 0 Å². The van der Waals surface area contributed by atoms with Gasteiger partial charge >= 0.3 is 0 Å². The summed E-state index contributed by atoms with van der Waals surface area (Å²) in [7, 11) is 0. The molecule has 1 aliphatic carbocycles. The van der Waals surface area contributed by atoms with Gasteiger partial charge in [-0.25, -0.2) is 0 Å². The van der Waals surface area contributed by atoms with Gasteiger partial charge in [-0.2, -0.15) is 0 Å². The van der Waals surface area contributed by atoms with Crippen LogP contribution in [0.15, 0.2) is 54.6 Å². The minimum absolute atomic E-state index is 0.0484. The lowest BCUT2D eigenvalue weighted by Gasteiger charge is -2.27. The highest BCUT2D eigenvalue weighted by Crippen LogP contribution is 2.44. The van der Waals surface area contributed by atoms with Crippen LogP contribution in [0.5, 0.6) is 0 Å². The molecule has 0 fully saturated rings. The molecule has 0 amide bonds. The third-order valence-corrected chi connectivity index (χ3v) is 4.36. The Labute approximate surface area is 114 Å². The number of hydrogen-bond acceptors (Lipinski definition) is 1. The maximum absolute atomic E-state index is 12.6. The monoisotopic (exact) mass is 250 g/mol. The van der Waals surface area contributed by atoms with E-state index in [1.54, 1.807) is 0 Å². The average Bonchev–Trinajstić information content (AvgIpc) is 2.62. The summed E-state index contributed by atoms with van der Waals surface area (Å²) in [4.78, 5) is 12.6. The second kappa shape index (κ2) is 4.34. The summed E-state index contributed by atoms with van der Waals surface area (Å²) in [6, 6.07) is 18.3. The number of carbonyl (C=O) groups is 1. The van der Waals surface area contributed by atoms with Crippen molar-refractivity contribution in [3.05, 3.63) is 71.3 Å². The third kappa shape index (κ3) is 1.90. The Hall–Kier alpha value is -1.89. The smallest absolute Gasteiger partial charge is 0.167 e. The lowest BCUT2D eigenvalue weighted by Crippen LogP contribution is -2.28. The molecule has 1 nitrogen and oxygen atoms in total. The first kappa shape index (κ1) is 12.2. The molecule has 0 saturated carbocycles. The Morgan fingerprint density at radius 3 is 2.26 bits per heavy atom. The molecule has 1 heteroatoms. The summed E-state index contributed by atoms with van der Waals surface area (Å²) in [5.41, 5.74) is 3.26. The van der Waals surface area contributed by atoms with Crippen LogP contribution in [0.4, 0.5) is 0 Å². The highest BCUT2D eigenvalue weighted by molar-refractivity contribution is 6.04. The Morgan fingerprint density at radius 2 is 1.58 bits per heavy atom. The molecule has 0 N–H and O–H groups in total. The van der Waals surface area contributed by atoms with Gasteiger partial charge < -0.3 is 0 Å². The molecule has 3 rings (SSSR count). The number of ketones is 1. The molecule has 0 aromatic heterocycles. The average molecular weight is 250 g/mol. The number of carbonyl (C=O) groups excluding carboxylic acids is 1. The van der Waals surface area contributed by atoms with Crippen LogP contribution in [0.1, 0.15) is 35.3 Å². The van der Waals surface area contributed by atoms with Crippen molar-refractivity contribution in [1.29, 1.82) is 0 Å². The van der Waals surface area contributed by atoms with Gasteiger partial charge in [0.25, 0.3) is 0 Å². The van der Waals surface area contributed by atoms with Crippen molar-refractivity contribution in [3.63, 3.8) is 0 Å². The van der Waals surface area contributed by atoms with E-state index in [0.29, 0.717) is 5.78 Å². The predicted octanol–water partition coefficient (Wildman–Crippen LogP) is 4.02. The van der Waals surface area contributed by atoms with Crippen molar-refractivity contribution in [2.24, 2.45) is 5.92 Å². The molecule has 0 spiro atoms. The van der Waals surface area contributed by atoms with E-state index in [9.17, 15) is 4.79 Å². The summed E-state index contributed by atoms with van der Waals surface area (Å²) < 4.78 is 0. The third-order valence-electron chi connectivity index (χ3n) is 4.36. The zero-order valence-electron chi connectivity index (χ0n) is 11.4. The van der Waals surface area contributed by atoms with Crippen LogP contribution >= 0.6 is 0 Å². The highest BCUT2D eigenvalue weighted by atomic mass is 16.1. The zero-order valence-corrected chi connectivity index (χ0v) is 11.4. The first-order valence-electron chi connectivity index (χ1n) is 6.78. The molecule has 1 atom stereocenters. The lowest BCUT2D eigenvalue weighted by atomic mass is 9.75. The van der Waals surface area contributed by atoms with E-state index in [0.717, 1.165) is 12.0 Å². The van der Waals surface area contributed by atoms with E-state index in [1.165, 1.54) is 11.1 Å². The second-order valence-electron chi connectivity index (χ2n) is 5.87. The molecule has 0 bridgehead atoms. The summed E-state index contributed by atoms with van der Waals surface area (Å²) in [6.07, 6.45) is 0.821. The van der Waals surface area contributed by atoms with Gasteiger partial charge in [0.2, 0.25) is 0 Å². The SMILES string of the molecule is CC1(C)c2ccccc2C(=O)C1Cc1ccccc1. The van der Waals surface area contributed by atoms with Gasteiger partial charge in [0, 0.05) is 16.9 Å². The Morgan fingerprint density at radius 1 is 0.947 bits per heavy atom. The predicted molar refractivity (Wildman–Crippen MR) is 77.4 cm³/mol. The topological polar surface area (TPSA) is 17.1 Å². The Kier molecular flexibility index (Phi) is 2.78. The van der Waals surface area contributed by atoms with E-state index in [1.807, 2.05) is 36.4 Å². The minimum atomic E-state index is -0.0798. The van der Waals surface area contributed by atoms with Crippen molar-refractivity contribution >= 4 is 5.78 Å². The molecular weight excluding hydrogens is 232 g/mol. The quantitative estimate of drug-likeness (QED) is 0.786. The maximum atomic E-state index is 12.6. The molecule has 1 aliphatic rings. The zero-order chi connectivity index (χ0) is 13.5. The van der Waals surface area contributed by atoms with E-state index < -0.39 is 0 Å². The van der Waals surface area contributed by atoms with Crippen molar-refractivity contribution in [2.45, 2.75) is 25.7 Å². The fourth-order valence-electron chi connectivity index (χ4n) is 3.16. The molecule has 96 valence electrons. The highest BCUT2D eigenvalue weighted by Gasteiger charge is 2.44. The molecule has 0 saturated heterocycles. The minimum Gasteiger partial charge on any atom is -0.294 e. The molecular formula is C18H18O. The standard InChI is InChI=1S/C18H18O/c1-18(2)15-11-7-6-10-14(15)17(19)16(18)12-13-8-4-3-5-9-13/h3-11,16H,12H2,1-2H3. The van der Waals surface area contributed by atoms with Crippen molar-refractivity contribution in [1.82, 2.24) is 0 Å². The number of benzene rings is 2. The first-order valence-corrected chi connectivity index (χ1v) is 6.78. The van der Waals surface area contributed by atoms with Crippen LogP contribution in [0.3, 0.4) is 0 Å². The molecule has 0 radical (unpaired) electrons. The van der Waals surface area contributed by atoms with Crippen molar-refractivity contribution in [2.75, 3.05) is 0 Å². The number of Topliss-reactive ketones (excluding diaryl/α,β-unsaturated/α-hetero) is 1. The fraction of sp³-hybridized carbons (Fsp3) is 0.278. The first-order chi connectivity index (χ1) is 9.10. The largest absolute Gasteiger partial charge is 0.294 e. The fourth-order valence-corrected chi connectivity index (χ4v) is 3.16. The second-order valence-corrected chi connectivity index (χ2v) is 5.87. The molecule has 0 aliphatic heterocycles. The number of fused-ring (bicyclic) bond motifs is 1. The van der Waals surface area contributed by atoms with Crippen LogP contribution in [0.25, 0.3) is 0 Å². The van der Waals surface area contributed by atoms with Crippen LogP contribution < -0.4 is 0 Å². The molecule has 2 aromatic rings. The van der Waals surface area contributed by atoms with E-state index in [2.05, 4.69) is 32.0 Å². The lowest BCUT2D eigenvalue weighted by molar-refractivity contribution is 0.0897. The maximum Gasteiger partial charge on any atom is 0.167 e. The van der Waals surface area contributed by atoms with Crippen LogP contribution in [-0.4, -0.2) is 5.78 Å². The summed E-state index contributed by atoms with van der Waals surface area (Å²) in [5.74, 6) is 0.344. The van der Waals surface area contributed by atoms with Gasteiger partial charge in [0.05, 0.1) is 0 Å². The van der Waals surface area contributed by atoms with Crippen LogP contribution in [-0.2, 0) is 11.8 Å². The van der Waals surface area contributed by atoms with Gasteiger partial charge in [-0.05, 0) is 17.5 Å². The Balaban J connectivity index is 1.99. The van der Waals surface area contributed by atoms with Gasteiger partial charge in [0.15, 0.2) is 5.78 Å². The summed E-state index contributed by atoms with van der Waals surface area (Å²) >= 11 is 0. The van der Waals surface area contributed by atoms with Gasteiger partial charge in [-0.1, -0.05) is 68.4 Å². The Bertz CT molecular complexity index is 611. The van der Waals surface area contributed by atoms with E-state index >= 15 is 0 Å². The van der Waals surface area contributed by atoms with Crippen molar-refractivity contribution in [3.8, 4) is 0 Å². The normalized spacial score (nSPS) is 20.3. The van der Waals surface area contributed by atoms with Gasteiger partial charge in [-0.15, -0.1) is 0 Å². The van der Waals surface area contributed by atoms with Crippen LogP contribution in [0, 0.1) is 5.92 Å². The van der Waals surface area contributed by atoms with E-state index in [-0.39, 0.29) is 11.3 Å². The molecule has 1 unspecified atom stereocenters. The number of rotatable bonds is 2. The van der Waals surface area contributed by atoms with Gasteiger partial charge in [-0.3, -0.25) is 4.79 Å². The van der Waals surface area contributed by atoms with Gasteiger partial charge in [0.1, 0.15) is 0 Å². The molecule has 19 heavy (non-hydrogen) atoms. The van der Waals surface area contributed by atoms with Crippen LogP contribution in [0.2, 0.25) is 0 Å². The number of hydrogen-bond donors (Lipinski definition) is 0. The summed E-state index contributed by atoms with van der Waals surface area (Å²) in [6.45, 7) is 4.37.